The smallest absolute Gasteiger partial charge is 0.310 e. The standard InChI is InChI=1S/C19H13ClF3NO/c20-17-7-4-14(5-8-17)15-6-9-18(25)24(12-15)11-13-2-1-3-16(10-13)19(21,22)23/h1-10,12H,11H2. The van der Waals surface area contributed by atoms with Crippen molar-refractivity contribution in [1.29, 1.82) is 0 Å². The van der Waals surface area contributed by atoms with E-state index in [9.17, 15) is 18.0 Å². The Balaban J connectivity index is 1.94. The Morgan fingerprint density at radius 1 is 0.920 bits per heavy atom. The van der Waals surface area contributed by atoms with Crippen molar-refractivity contribution in [1.82, 2.24) is 4.57 Å². The van der Waals surface area contributed by atoms with Crippen molar-refractivity contribution in [3.8, 4) is 11.1 Å². The fraction of sp³-hybridized carbons (Fsp3) is 0.105. The van der Waals surface area contributed by atoms with Crippen LogP contribution in [0, 0.1) is 0 Å². The summed E-state index contributed by atoms with van der Waals surface area (Å²) in [6.07, 6.45) is -2.78. The first-order chi connectivity index (χ1) is 11.8. The molecular formula is C19H13ClF3NO. The van der Waals surface area contributed by atoms with Crippen LogP contribution in [0.5, 0.6) is 0 Å². The molecule has 0 fully saturated rings. The maximum atomic E-state index is 12.8. The molecule has 25 heavy (non-hydrogen) atoms. The molecule has 0 N–H and O–H groups in total. The molecule has 6 heteroatoms. The van der Waals surface area contributed by atoms with Crippen molar-refractivity contribution in [2.45, 2.75) is 12.7 Å². The second kappa shape index (κ2) is 6.76. The van der Waals surface area contributed by atoms with Crippen LogP contribution in [0.3, 0.4) is 0 Å². The highest BCUT2D eigenvalue weighted by molar-refractivity contribution is 6.30. The number of benzene rings is 2. The van der Waals surface area contributed by atoms with E-state index in [1.165, 1.54) is 16.7 Å². The van der Waals surface area contributed by atoms with E-state index in [0.29, 0.717) is 10.6 Å². The summed E-state index contributed by atoms with van der Waals surface area (Å²) in [5.74, 6) is 0. The first kappa shape index (κ1) is 17.3. The summed E-state index contributed by atoms with van der Waals surface area (Å²) in [4.78, 5) is 12.1. The van der Waals surface area contributed by atoms with Crippen molar-refractivity contribution in [2.24, 2.45) is 0 Å². The van der Waals surface area contributed by atoms with Gasteiger partial charge >= 0.3 is 6.18 Å². The fourth-order valence-electron chi connectivity index (χ4n) is 2.51. The van der Waals surface area contributed by atoms with Gasteiger partial charge < -0.3 is 4.57 Å². The number of alkyl halides is 3. The SMILES string of the molecule is O=c1ccc(-c2ccc(Cl)cc2)cn1Cc1cccc(C(F)(F)F)c1. The molecule has 0 atom stereocenters. The van der Waals surface area contributed by atoms with Gasteiger partial charge in [0.25, 0.3) is 5.56 Å². The van der Waals surface area contributed by atoms with Crippen LogP contribution in [-0.4, -0.2) is 4.57 Å². The van der Waals surface area contributed by atoms with Crippen molar-refractivity contribution in [3.63, 3.8) is 0 Å². The van der Waals surface area contributed by atoms with Gasteiger partial charge in [-0.15, -0.1) is 0 Å². The number of nitrogens with zero attached hydrogens (tertiary/aromatic N) is 1. The van der Waals surface area contributed by atoms with E-state index in [2.05, 4.69) is 0 Å². The van der Waals surface area contributed by atoms with Crippen LogP contribution in [0.4, 0.5) is 13.2 Å². The molecule has 0 saturated heterocycles. The van der Waals surface area contributed by atoms with E-state index in [4.69, 9.17) is 11.6 Å². The topological polar surface area (TPSA) is 22.0 Å². The van der Waals surface area contributed by atoms with E-state index in [0.717, 1.165) is 23.3 Å². The lowest BCUT2D eigenvalue weighted by Gasteiger charge is -2.11. The van der Waals surface area contributed by atoms with Crippen molar-refractivity contribution in [2.75, 3.05) is 0 Å². The molecule has 2 aromatic carbocycles. The summed E-state index contributed by atoms with van der Waals surface area (Å²) in [7, 11) is 0. The van der Waals surface area contributed by atoms with Crippen LogP contribution >= 0.6 is 11.6 Å². The minimum Gasteiger partial charge on any atom is -0.310 e. The number of hydrogen-bond donors (Lipinski definition) is 0. The first-order valence-corrected chi connectivity index (χ1v) is 7.83. The monoisotopic (exact) mass is 363 g/mol. The third kappa shape index (κ3) is 4.12. The van der Waals surface area contributed by atoms with Crippen LogP contribution in [0.25, 0.3) is 11.1 Å². The summed E-state index contributed by atoms with van der Waals surface area (Å²) in [5.41, 5.74) is 1.04. The summed E-state index contributed by atoms with van der Waals surface area (Å²) < 4.78 is 39.9. The van der Waals surface area contributed by atoms with Gasteiger partial charge in [0, 0.05) is 17.3 Å². The molecule has 0 aliphatic rings. The normalized spacial score (nSPS) is 11.5. The number of halogens is 4. The Labute approximate surface area is 147 Å². The molecule has 0 aliphatic heterocycles. The molecule has 0 bridgehead atoms. The zero-order valence-electron chi connectivity index (χ0n) is 12.9. The summed E-state index contributed by atoms with van der Waals surface area (Å²) in [6.45, 7) is 0.0597. The Hall–Kier alpha value is -2.53. The molecule has 3 rings (SSSR count). The predicted octanol–water partition coefficient (Wildman–Crippen LogP) is 5.24. The van der Waals surface area contributed by atoms with Gasteiger partial charge in [-0.3, -0.25) is 4.79 Å². The minimum atomic E-state index is -4.41. The third-order valence-electron chi connectivity index (χ3n) is 3.77. The Bertz CT molecular complexity index is 946. The number of pyridine rings is 1. The lowest BCUT2D eigenvalue weighted by atomic mass is 10.1. The molecule has 1 aromatic heterocycles. The summed E-state index contributed by atoms with van der Waals surface area (Å²) in [5, 5.41) is 0.598. The lowest BCUT2D eigenvalue weighted by molar-refractivity contribution is -0.137. The molecule has 0 saturated carbocycles. The van der Waals surface area contributed by atoms with Gasteiger partial charge in [0.15, 0.2) is 0 Å². The molecule has 128 valence electrons. The number of hydrogen-bond acceptors (Lipinski definition) is 1. The zero-order valence-corrected chi connectivity index (χ0v) is 13.7. The zero-order chi connectivity index (χ0) is 18.0. The molecule has 3 aromatic rings. The van der Waals surface area contributed by atoms with Gasteiger partial charge in [-0.1, -0.05) is 35.9 Å². The van der Waals surface area contributed by atoms with Crippen molar-refractivity contribution in [3.05, 3.63) is 93.4 Å². The van der Waals surface area contributed by atoms with Crippen LogP contribution < -0.4 is 5.56 Å². The molecule has 0 radical (unpaired) electrons. The molecule has 0 spiro atoms. The van der Waals surface area contributed by atoms with Gasteiger partial charge in [0.05, 0.1) is 12.1 Å². The summed E-state index contributed by atoms with van der Waals surface area (Å²) in [6, 6.07) is 15.2. The Morgan fingerprint density at radius 2 is 1.60 bits per heavy atom. The van der Waals surface area contributed by atoms with E-state index in [1.807, 2.05) is 12.1 Å². The quantitative estimate of drug-likeness (QED) is 0.624. The van der Waals surface area contributed by atoms with Gasteiger partial charge in [-0.05, 0) is 47.0 Å². The number of rotatable bonds is 3. The van der Waals surface area contributed by atoms with E-state index >= 15 is 0 Å². The Kier molecular flexibility index (Phi) is 4.68. The molecule has 0 unspecified atom stereocenters. The van der Waals surface area contributed by atoms with E-state index < -0.39 is 11.7 Å². The van der Waals surface area contributed by atoms with Crippen LogP contribution in [0.2, 0.25) is 5.02 Å². The average Bonchev–Trinajstić information content (AvgIpc) is 2.57. The second-order valence-corrected chi connectivity index (χ2v) is 6.03. The molecular weight excluding hydrogens is 351 g/mol. The van der Waals surface area contributed by atoms with E-state index in [-0.39, 0.29) is 12.1 Å². The largest absolute Gasteiger partial charge is 0.416 e. The summed E-state index contributed by atoms with van der Waals surface area (Å²) >= 11 is 5.87. The molecule has 1 heterocycles. The average molecular weight is 364 g/mol. The minimum absolute atomic E-state index is 0.0597. The molecule has 0 aliphatic carbocycles. The van der Waals surface area contributed by atoms with Gasteiger partial charge in [-0.2, -0.15) is 13.2 Å². The highest BCUT2D eigenvalue weighted by atomic mass is 35.5. The maximum Gasteiger partial charge on any atom is 0.416 e. The Morgan fingerprint density at radius 3 is 2.28 bits per heavy atom. The highest BCUT2D eigenvalue weighted by Gasteiger charge is 2.30. The second-order valence-electron chi connectivity index (χ2n) is 5.59. The number of aromatic nitrogens is 1. The predicted molar refractivity (Wildman–Crippen MR) is 91.7 cm³/mol. The maximum absolute atomic E-state index is 12.8. The van der Waals surface area contributed by atoms with Gasteiger partial charge in [-0.25, -0.2) is 0 Å². The molecule has 0 amide bonds. The third-order valence-corrected chi connectivity index (χ3v) is 4.02. The van der Waals surface area contributed by atoms with Crippen molar-refractivity contribution >= 4 is 11.6 Å². The first-order valence-electron chi connectivity index (χ1n) is 7.45. The lowest BCUT2D eigenvalue weighted by Crippen LogP contribution is -2.19. The van der Waals surface area contributed by atoms with Gasteiger partial charge in [0.1, 0.15) is 0 Å². The van der Waals surface area contributed by atoms with Crippen LogP contribution in [0.15, 0.2) is 71.7 Å². The van der Waals surface area contributed by atoms with Crippen LogP contribution in [-0.2, 0) is 12.7 Å². The van der Waals surface area contributed by atoms with Gasteiger partial charge in [0.2, 0.25) is 0 Å². The fourth-order valence-corrected chi connectivity index (χ4v) is 2.64. The molecule has 2 nitrogen and oxygen atoms in total. The highest BCUT2D eigenvalue weighted by Crippen LogP contribution is 2.29. The van der Waals surface area contributed by atoms with Crippen LogP contribution in [0.1, 0.15) is 11.1 Å². The van der Waals surface area contributed by atoms with Crippen molar-refractivity contribution < 1.29 is 13.2 Å². The van der Waals surface area contributed by atoms with E-state index in [1.54, 1.807) is 30.5 Å².